The number of pyridine rings is 1. The molecule has 1 atom stereocenters. The molecular weight excluding hydrogens is 416 g/mol. The van der Waals surface area contributed by atoms with Crippen molar-refractivity contribution >= 4 is 28.4 Å². The third-order valence-corrected chi connectivity index (χ3v) is 5.85. The Morgan fingerprint density at radius 2 is 1.97 bits per heavy atom. The van der Waals surface area contributed by atoms with Crippen molar-refractivity contribution in [2.45, 2.75) is 26.9 Å². The lowest BCUT2D eigenvalue weighted by Gasteiger charge is -2.45. The predicted molar refractivity (Wildman–Crippen MR) is 125 cm³/mol. The van der Waals surface area contributed by atoms with Gasteiger partial charge < -0.3 is 15.3 Å². The van der Waals surface area contributed by atoms with Gasteiger partial charge >= 0.3 is 0 Å². The fraction of sp³-hybridized carbons (Fsp3) is 0.292. The van der Waals surface area contributed by atoms with Crippen LogP contribution >= 0.6 is 0 Å². The van der Waals surface area contributed by atoms with Gasteiger partial charge in [0.05, 0.1) is 34.3 Å². The van der Waals surface area contributed by atoms with Gasteiger partial charge in [0.15, 0.2) is 5.82 Å². The number of imidazole rings is 1. The van der Waals surface area contributed by atoms with Crippen LogP contribution in [-0.4, -0.2) is 42.9 Å². The van der Waals surface area contributed by atoms with Crippen LogP contribution in [0.2, 0.25) is 0 Å². The van der Waals surface area contributed by atoms with Crippen molar-refractivity contribution < 1.29 is 5.11 Å². The van der Waals surface area contributed by atoms with Crippen LogP contribution in [0, 0.1) is 23.7 Å². The Bertz CT molecular complexity index is 1360. The smallest absolute Gasteiger partial charge is 0.153 e. The van der Waals surface area contributed by atoms with Crippen LogP contribution in [0.1, 0.15) is 31.2 Å². The fourth-order valence-electron chi connectivity index (χ4n) is 4.07. The van der Waals surface area contributed by atoms with Gasteiger partial charge in [-0.05, 0) is 63.2 Å². The second-order valence-corrected chi connectivity index (χ2v) is 8.79. The van der Waals surface area contributed by atoms with Crippen LogP contribution < -0.4 is 10.2 Å². The third kappa shape index (κ3) is 3.85. The third-order valence-electron chi connectivity index (χ3n) is 5.85. The van der Waals surface area contributed by atoms with Crippen LogP contribution in [0.15, 0.2) is 48.8 Å². The van der Waals surface area contributed by atoms with Gasteiger partial charge in [0, 0.05) is 24.3 Å². The summed E-state index contributed by atoms with van der Waals surface area (Å²) in [5.41, 5.74) is 3.79. The van der Waals surface area contributed by atoms with Gasteiger partial charge in [-0.15, -0.1) is 5.10 Å². The highest BCUT2D eigenvalue weighted by Gasteiger charge is 2.40. The van der Waals surface area contributed by atoms with Crippen molar-refractivity contribution in [2.24, 2.45) is 5.41 Å². The Kier molecular flexibility index (Phi) is 4.95. The number of hydrogen-bond donors (Lipinski definition) is 2. The number of anilines is 3. The van der Waals surface area contributed by atoms with Gasteiger partial charge in [0.1, 0.15) is 18.0 Å². The van der Waals surface area contributed by atoms with Crippen LogP contribution in [0.4, 0.5) is 17.3 Å². The highest BCUT2D eigenvalue weighted by molar-refractivity contribution is 5.82. The number of benzene rings is 1. The van der Waals surface area contributed by atoms with E-state index in [1.54, 1.807) is 13.3 Å². The lowest BCUT2D eigenvalue weighted by atomic mass is 9.83. The molecule has 0 bridgehead atoms. The molecule has 1 unspecified atom stereocenters. The molecule has 5 rings (SSSR count). The maximum Gasteiger partial charge on any atom is 0.153 e. The number of rotatable bonds is 5. The number of fused-ring (bicyclic) bond motifs is 1. The normalized spacial score (nSPS) is 15.7. The molecule has 0 amide bonds. The van der Waals surface area contributed by atoms with Crippen LogP contribution in [0.3, 0.4) is 0 Å². The summed E-state index contributed by atoms with van der Waals surface area (Å²) in [6, 6.07) is 15.8. The molecule has 1 aliphatic rings. The average molecular weight is 441 g/mol. The summed E-state index contributed by atoms with van der Waals surface area (Å²) < 4.78 is 1.92. The van der Waals surface area contributed by atoms with E-state index in [0.717, 1.165) is 28.0 Å². The molecule has 9 heteroatoms. The Balaban J connectivity index is 1.47. The fourth-order valence-corrected chi connectivity index (χ4v) is 4.07. The Hall–Kier alpha value is -4.03. The number of nitrogens with zero attached hydrogens (tertiary/aromatic N) is 7. The second-order valence-electron chi connectivity index (χ2n) is 8.79. The van der Waals surface area contributed by atoms with E-state index in [1.807, 2.05) is 65.8 Å². The molecule has 33 heavy (non-hydrogen) atoms. The molecule has 1 fully saturated rings. The number of aliphatic hydroxyl groups is 1. The molecule has 0 radical (unpaired) electrons. The minimum absolute atomic E-state index is 0.388. The van der Waals surface area contributed by atoms with Crippen molar-refractivity contribution in [3.05, 3.63) is 60.0 Å². The van der Waals surface area contributed by atoms with Crippen molar-refractivity contribution in [1.29, 1.82) is 5.26 Å². The zero-order valence-electron chi connectivity index (χ0n) is 18.7. The lowest BCUT2D eigenvalue weighted by molar-refractivity contribution is 0.198. The standard InChI is InChI=1S/C24H24N8O/c1-15-4-8-21(30-29-15)27-17-5-7-20-19(10-17)26-14-32(20)22-9-6-18(16(2)33)23(28-22)31-12-24(3,11-25)13-31/h4-10,14,16,33H,12-13H2,1-3H3,(H,27,30). The predicted octanol–water partition coefficient (Wildman–Crippen LogP) is 3.67. The molecule has 1 aromatic carbocycles. The molecule has 0 spiro atoms. The van der Waals surface area contributed by atoms with Gasteiger partial charge in [-0.2, -0.15) is 10.4 Å². The molecule has 0 saturated carbocycles. The Morgan fingerprint density at radius 1 is 1.15 bits per heavy atom. The van der Waals surface area contributed by atoms with Gasteiger partial charge in [-0.1, -0.05) is 0 Å². The van der Waals surface area contributed by atoms with Crippen LogP contribution in [0.5, 0.6) is 0 Å². The summed E-state index contributed by atoms with van der Waals surface area (Å²) in [5.74, 6) is 2.07. The lowest BCUT2D eigenvalue weighted by Crippen LogP contribution is -2.54. The maximum absolute atomic E-state index is 10.3. The first-order chi connectivity index (χ1) is 15.8. The zero-order valence-corrected chi connectivity index (χ0v) is 18.7. The van der Waals surface area contributed by atoms with Crippen molar-refractivity contribution in [1.82, 2.24) is 24.7 Å². The molecule has 4 aromatic rings. The molecule has 166 valence electrons. The molecule has 0 aliphatic carbocycles. The van der Waals surface area contributed by atoms with Gasteiger partial charge in [0.25, 0.3) is 0 Å². The van der Waals surface area contributed by atoms with E-state index in [1.165, 1.54) is 0 Å². The summed E-state index contributed by atoms with van der Waals surface area (Å²) in [5, 5.41) is 31.1. The molecule has 1 saturated heterocycles. The van der Waals surface area contributed by atoms with Gasteiger partial charge in [-0.3, -0.25) is 4.57 Å². The Morgan fingerprint density at radius 3 is 2.67 bits per heavy atom. The molecule has 1 aliphatic heterocycles. The van der Waals surface area contributed by atoms with E-state index in [-0.39, 0.29) is 5.41 Å². The van der Waals surface area contributed by atoms with E-state index in [2.05, 4.69) is 26.6 Å². The molecule has 3 aromatic heterocycles. The monoisotopic (exact) mass is 440 g/mol. The summed E-state index contributed by atoms with van der Waals surface area (Å²) in [7, 11) is 0. The van der Waals surface area contributed by atoms with E-state index in [9.17, 15) is 10.4 Å². The summed E-state index contributed by atoms with van der Waals surface area (Å²) in [6.45, 7) is 6.73. The van der Waals surface area contributed by atoms with Gasteiger partial charge in [-0.25, -0.2) is 9.97 Å². The maximum atomic E-state index is 10.3. The molecule has 2 N–H and O–H groups in total. The second kappa shape index (κ2) is 7.83. The highest BCUT2D eigenvalue weighted by atomic mass is 16.3. The van der Waals surface area contributed by atoms with E-state index in [4.69, 9.17) is 4.98 Å². The average Bonchev–Trinajstić information content (AvgIpc) is 3.21. The summed E-state index contributed by atoms with van der Waals surface area (Å²) in [4.78, 5) is 11.4. The summed E-state index contributed by atoms with van der Waals surface area (Å²) >= 11 is 0. The first-order valence-corrected chi connectivity index (χ1v) is 10.8. The van der Waals surface area contributed by atoms with E-state index >= 15 is 0 Å². The van der Waals surface area contributed by atoms with E-state index in [0.29, 0.717) is 30.5 Å². The topological polar surface area (TPSA) is 116 Å². The number of aliphatic hydroxyl groups excluding tert-OH is 1. The van der Waals surface area contributed by atoms with Crippen molar-refractivity contribution in [3.63, 3.8) is 0 Å². The Labute approximate surface area is 191 Å². The van der Waals surface area contributed by atoms with E-state index < -0.39 is 6.10 Å². The van der Waals surface area contributed by atoms with Crippen LogP contribution in [0.25, 0.3) is 16.9 Å². The minimum atomic E-state index is -0.659. The molecular formula is C24H24N8O. The first kappa shape index (κ1) is 20.8. The number of nitrogens with one attached hydrogen (secondary N) is 1. The van der Waals surface area contributed by atoms with Crippen molar-refractivity contribution in [3.8, 4) is 11.9 Å². The minimum Gasteiger partial charge on any atom is -0.389 e. The number of aryl methyl sites for hydroxylation is 1. The first-order valence-electron chi connectivity index (χ1n) is 10.8. The zero-order chi connectivity index (χ0) is 23.2. The SMILES string of the molecule is Cc1ccc(Nc2ccc3c(c2)ncn3-c2ccc(C(C)O)c(N3CC(C)(C#N)C3)n2)nn1. The van der Waals surface area contributed by atoms with Gasteiger partial charge in [0.2, 0.25) is 0 Å². The quantitative estimate of drug-likeness (QED) is 0.483. The molecule has 9 nitrogen and oxygen atoms in total. The number of nitriles is 1. The number of hydrogen-bond acceptors (Lipinski definition) is 8. The largest absolute Gasteiger partial charge is 0.389 e. The molecule has 4 heterocycles. The highest BCUT2D eigenvalue weighted by Crippen LogP contribution is 2.36. The van der Waals surface area contributed by atoms with Crippen molar-refractivity contribution in [2.75, 3.05) is 23.3 Å². The van der Waals surface area contributed by atoms with Crippen LogP contribution in [-0.2, 0) is 0 Å². The number of aromatic nitrogens is 5. The summed E-state index contributed by atoms with van der Waals surface area (Å²) in [6.07, 6.45) is 1.08.